The molecule has 2 N–H and O–H groups in total. The molecule has 0 spiro atoms. The number of alkyl halides is 1. The summed E-state index contributed by atoms with van der Waals surface area (Å²) >= 11 is 0. The number of nitrogens with one attached hydrogen (secondary N) is 2. The first kappa shape index (κ1) is 36.1. The zero-order valence-electron chi connectivity index (χ0n) is 28.5. The number of hydrogen-bond acceptors (Lipinski definition) is 8. The molecule has 2 unspecified atom stereocenters. The van der Waals surface area contributed by atoms with Crippen LogP contribution in [0.4, 0.5) is 19.0 Å². The second-order valence-corrected chi connectivity index (χ2v) is 13.5. The van der Waals surface area contributed by atoms with E-state index in [2.05, 4.69) is 20.6 Å². The van der Waals surface area contributed by atoms with Gasteiger partial charge in [-0.05, 0) is 101 Å². The van der Waals surface area contributed by atoms with Crippen molar-refractivity contribution in [2.24, 2.45) is 11.8 Å². The molecule has 1 aromatic carbocycles. The minimum Gasteiger partial charge on any atom is -0.474 e. The normalized spacial score (nSPS) is 27.8. The van der Waals surface area contributed by atoms with Crippen LogP contribution in [0.25, 0.3) is 22.2 Å². The van der Waals surface area contributed by atoms with Crippen molar-refractivity contribution in [3.8, 4) is 23.1 Å². The predicted molar refractivity (Wildman–Crippen MR) is 184 cm³/mol. The van der Waals surface area contributed by atoms with Gasteiger partial charge in [-0.1, -0.05) is 28.2 Å². The van der Waals surface area contributed by atoms with Gasteiger partial charge >= 0.3 is 6.01 Å². The second-order valence-electron chi connectivity index (χ2n) is 13.5. The summed E-state index contributed by atoms with van der Waals surface area (Å²) in [5.74, 6) is -0.495. The Labute approximate surface area is 283 Å². The van der Waals surface area contributed by atoms with E-state index in [0.717, 1.165) is 38.8 Å². The first-order valence-electron chi connectivity index (χ1n) is 17.4. The molecule has 2 aromatic heterocycles. The lowest BCUT2D eigenvalue weighted by molar-refractivity contribution is -0.0379. The number of anilines is 1. The lowest BCUT2D eigenvalue weighted by atomic mass is 9.63. The van der Waals surface area contributed by atoms with Gasteiger partial charge < -0.3 is 24.8 Å². The van der Waals surface area contributed by atoms with Crippen LogP contribution in [0.1, 0.15) is 96.8 Å². The third-order valence-corrected chi connectivity index (χ3v) is 10.4. The number of rotatable bonds is 6. The van der Waals surface area contributed by atoms with Gasteiger partial charge in [-0.15, -0.1) is 0 Å². The van der Waals surface area contributed by atoms with Gasteiger partial charge in [0.2, 0.25) is 5.88 Å². The van der Waals surface area contributed by atoms with Crippen molar-refractivity contribution >= 4 is 16.7 Å². The van der Waals surface area contributed by atoms with E-state index >= 15 is 13.2 Å². The number of fused-ring (bicyclic) bond motifs is 1. The summed E-state index contributed by atoms with van der Waals surface area (Å²) in [5.41, 5.74) is -1.45. The maximum Gasteiger partial charge on any atom is 0.319 e. The van der Waals surface area contributed by atoms with Crippen LogP contribution in [-0.4, -0.2) is 59.5 Å². The van der Waals surface area contributed by atoms with Gasteiger partial charge in [0.15, 0.2) is 5.82 Å². The summed E-state index contributed by atoms with van der Waals surface area (Å²) in [4.78, 5) is 14.0. The third kappa shape index (κ3) is 6.32. The van der Waals surface area contributed by atoms with Crippen LogP contribution in [0.3, 0.4) is 0 Å². The van der Waals surface area contributed by atoms with Crippen LogP contribution in [-0.2, 0) is 10.4 Å². The van der Waals surface area contributed by atoms with E-state index in [0.29, 0.717) is 37.7 Å². The maximum atomic E-state index is 17.0. The quantitative estimate of drug-likeness (QED) is 0.270. The monoisotopic (exact) mass is 671 g/mol. The number of pyridine rings is 1. The highest BCUT2D eigenvalue weighted by Gasteiger charge is 2.53. The average molecular weight is 672 g/mol. The highest BCUT2D eigenvalue weighted by Crippen LogP contribution is 2.56. The van der Waals surface area contributed by atoms with Gasteiger partial charge in [-0.2, -0.15) is 9.97 Å². The van der Waals surface area contributed by atoms with Crippen LogP contribution in [0.15, 0.2) is 6.07 Å². The average Bonchev–Trinajstić information content (AvgIpc) is 3.65. The van der Waals surface area contributed by atoms with E-state index in [1.807, 2.05) is 27.7 Å². The smallest absolute Gasteiger partial charge is 0.319 e. The van der Waals surface area contributed by atoms with Crippen molar-refractivity contribution in [1.82, 2.24) is 20.3 Å². The van der Waals surface area contributed by atoms with E-state index in [-0.39, 0.29) is 88.8 Å². The standard InChI is InChI=1S/C34H42F3N5O3.C2H6.CH4/c1-5-22-8-9-34(22,37)25-20(4)26(35)18(2)13-23(25)28-27(36)29-24-30(39-12-11-38-10-6-7-19(3)45-31(24)40-28)42-32(41-29)43-17-33-14-21(15-33)16-44-33;1-2;/h13,19,21-22,38H,5-12,14-17H2,1-4H3,(H,39,41,42);1-2H3;1H4/t19-,21?,22?,33?,34?;;/m0../s1. The van der Waals surface area contributed by atoms with Crippen LogP contribution < -0.4 is 20.1 Å². The second kappa shape index (κ2) is 14.4. The molecule has 2 aliphatic carbocycles. The molecule has 3 aromatic rings. The van der Waals surface area contributed by atoms with E-state index in [1.54, 1.807) is 13.8 Å². The fraction of sp³-hybridized carbons (Fsp3) is 0.649. The molecule has 4 fully saturated rings. The zero-order chi connectivity index (χ0) is 33.5. The minimum absolute atomic E-state index is 0. The van der Waals surface area contributed by atoms with Crippen molar-refractivity contribution in [3.63, 3.8) is 0 Å². The first-order valence-corrected chi connectivity index (χ1v) is 17.4. The Balaban J connectivity index is 0.00000148. The highest BCUT2D eigenvalue weighted by atomic mass is 19.1. The molecule has 11 heteroatoms. The summed E-state index contributed by atoms with van der Waals surface area (Å²) in [5, 5.41) is 6.99. The third-order valence-electron chi connectivity index (χ3n) is 10.4. The Kier molecular flexibility index (Phi) is 10.8. The lowest BCUT2D eigenvalue weighted by Gasteiger charge is -2.45. The van der Waals surface area contributed by atoms with E-state index in [4.69, 9.17) is 19.2 Å². The Morgan fingerprint density at radius 1 is 1.04 bits per heavy atom. The number of ether oxygens (including phenoxy) is 3. The fourth-order valence-electron chi connectivity index (χ4n) is 7.75. The molecule has 5 heterocycles. The Bertz CT molecular complexity index is 1620. The molecular weight excluding hydrogens is 619 g/mol. The molecule has 8 rings (SSSR count). The molecule has 0 amide bonds. The minimum atomic E-state index is -1.79. The first-order chi connectivity index (χ1) is 22.6. The van der Waals surface area contributed by atoms with Crippen molar-refractivity contribution < 1.29 is 27.4 Å². The SMILES string of the molecule is C.CC.CCC1CCC1(F)c1c(-c2nc3c4c(nc(OCC56CC(CO5)C6)nc4c2F)NCCNCCC[C@H](C)O3)cc(C)c(F)c1C. The van der Waals surface area contributed by atoms with Gasteiger partial charge in [-0.25, -0.2) is 18.2 Å². The van der Waals surface area contributed by atoms with Crippen molar-refractivity contribution in [2.75, 3.05) is 38.2 Å². The van der Waals surface area contributed by atoms with Crippen molar-refractivity contribution in [1.29, 1.82) is 0 Å². The highest BCUT2D eigenvalue weighted by molar-refractivity contribution is 5.96. The Morgan fingerprint density at radius 3 is 2.48 bits per heavy atom. The molecule has 264 valence electrons. The number of nitrogens with zero attached hydrogens (tertiary/aromatic N) is 3. The molecule has 2 bridgehead atoms. The van der Waals surface area contributed by atoms with Gasteiger partial charge in [0, 0.05) is 24.2 Å². The summed E-state index contributed by atoms with van der Waals surface area (Å²) in [6, 6.07) is 1.52. The Morgan fingerprint density at radius 2 is 1.81 bits per heavy atom. The van der Waals surface area contributed by atoms with Crippen LogP contribution in [0, 0.1) is 37.3 Å². The fourth-order valence-corrected chi connectivity index (χ4v) is 7.75. The van der Waals surface area contributed by atoms with E-state index < -0.39 is 17.3 Å². The molecular formula is C37H52F3N5O3. The number of aromatic nitrogens is 3. The summed E-state index contributed by atoms with van der Waals surface area (Å²) in [7, 11) is 0. The summed E-state index contributed by atoms with van der Waals surface area (Å²) < 4.78 is 67.7. The van der Waals surface area contributed by atoms with Gasteiger partial charge in [0.25, 0.3) is 0 Å². The number of aryl methyl sites for hydroxylation is 1. The lowest BCUT2D eigenvalue weighted by Crippen LogP contribution is -2.42. The molecule has 0 radical (unpaired) electrons. The van der Waals surface area contributed by atoms with Gasteiger partial charge in [0.05, 0.1) is 12.7 Å². The van der Waals surface area contributed by atoms with Gasteiger partial charge in [0.1, 0.15) is 46.1 Å². The Hall–Kier alpha value is -3.18. The number of benzene rings is 1. The zero-order valence-corrected chi connectivity index (χ0v) is 28.5. The van der Waals surface area contributed by atoms with Crippen molar-refractivity contribution in [2.45, 2.75) is 111 Å². The van der Waals surface area contributed by atoms with Crippen LogP contribution in [0.2, 0.25) is 0 Å². The van der Waals surface area contributed by atoms with Crippen LogP contribution >= 0.6 is 0 Å². The summed E-state index contributed by atoms with van der Waals surface area (Å²) in [6.07, 6.45) is 4.72. The maximum absolute atomic E-state index is 17.0. The molecule has 2 saturated heterocycles. The molecule has 8 nitrogen and oxygen atoms in total. The molecule has 48 heavy (non-hydrogen) atoms. The molecule has 3 atom stereocenters. The van der Waals surface area contributed by atoms with E-state index in [1.165, 1.54) is 6.07 Å². The van der Waals surface area contributed by atoms with E-state index in [9.17, 15) is 0 Å². The number of hydrogen-bond donors (Lipinski definition) is 2. The van der Waals surface area contributed by atoms with Crippen molar-refractivity contribution in [3.05, 3.63) is 34.4 Å². The number of halogens is 3. The molecule has 2 saturated carbocycles. The summed E-state index contributed by atoms with van der Waals surface area (Å²) in [6.45, 7) is 14.0. The topological polar surface area (TPSA) is 90.4 Å². The predicted octanol–water partition coefficient (Wildman–Crippen LogP) is 8.35. The van der Waals surface area contributed by atoms with Gasteiger partial charge in [-0.3, -0.25) is 0 Å². The van der Waals surface area contributed by atoms with Crippen LogP contribution in [0.5, 0.6) is 11.9 Å². The largest absolute Gasteiger partial charge is 0.474 e. The molecule has 3 aliphatic heterocycles. The molecule has 5 aliphatic rings.